The summed E-state index contributed by atoms with van der Waals surface area (Å²) in [5.41, 5.74) is 0.422. The molecule has 0 amide bonds. The zero-order chi connectivity index (χ0) is 11.3. The average molecular weight is 229 g/mol. The van der Waals surface area contributed by atoms with E-state index in [0.29, 0.717) is 18.2 Å². The molecule has 1 unspecified atom stereocenters. The fourth-order valence-corrected chi connectivity index (χ4v) is 1.22. The molecular weight excluding hydrogens is 212 g/mol. The second kappa shape index (κ2) is 5.45. The van der Waals surface area contributed by atoms with Crippen molar-refractivity contribution in [3.8, 4) is 0 Å². The minimum absolute atomic E-state index is 0.499. The summed E-state index contributed by atoms with van der Waals surface area (Å²) in [6.07, 6.45) is 2.47. The van der Waals surface area contributed by atoms with E-state index in [1.54, 1.807) is 12.3 Å². The van der Waals surface area contributed by atoms with E-state index in [4.69, 9.17) is 11.6 Å². The first-order chi connectivity index (χ1) is 7.03. The van der Waals surface area contributed by atoms with Crippen molar-refractivity contribution in [2.75, 3.05) is 6.54 Å². The summed E-state index contributed by atoms with van der Waals surface area (Å²) in [5, 5.41) is 13.4. The molecule has 1 aromatic rings. The van der Waals surface area contributed by atoms with Crippen LogP contribution in [0.3, 0.4) is 0 Å². The lowest BCUT2D eigenvalue weighted by Gasteiger charge is -2.21. The quantitative estimate of drug-likeness (QED) is 0.758. The summed E-state index contributed by atoms with van der Waals surface area (Å²) in [6, 6.07) is 3.68. The van der Waals surface area contributed by atoms with Crippen LogP contribution in [-0.4, -0.2) is 22.2 Å². The Bertz CT molecular complexity index is 298. The molecule has 1 rings (SSSR count). The van der Waals surface area contributed by atoms with Crippen LogP contribution in [0.15, 0.2) is 18.3 Å². The van der Waals surface area contributed by atoms with Gasteiger partial charge >= 0.3 is 0 Å². The SMILES string of the molecule is CCC(C)(O)CNCc1ccc(Cl)nc1. The van der Waals surface area contributed by atoms with Gasteiger partial charge in [0.05, 0.1) is 5.60 Å². The van der Waals surface area contributed by atoms with Gasteiger partial charge in [-0.15, -0.1) is 0 Å². The largest absolute Gasteiger partial charge is 0.389 e. The first kappa shape index (κ1) is 12.4. The van der Waals surface area contributed by atoms with Crippen LogP contribution >= 0.6 is 11.6 Å². The smallest absolute Gasteiger partial charge is 0.129 e. The van der Waals surface area contributed by atoms with Crippen LogP contribution in [0.1, 0.15) is 25.8 Å². The number of hydrogen-bond donors (Lipinski definition) is 2. The van der Waals surface area contributed by atoms with Gasteiger partial charge < -0.3 is 10.4 Å². The molecule has 0 fully saturated rings. The molecule has 1 aromatic heterocycles. The Morgan fingerprint density at radius 2 is 2.27 bits per heavy atom. The maximum absolute atomic E-state index is 9.75. The molecule has 0 aliphatic rings. The van der Waals surface area contributed by atoms with Crippen molar-refractivity contribution >= 4 is 11.6 Å². The fraction of sp³-hybridized carbons (Fsp3) is 0.545. The molecule has 4 heteroatoms. The molecule has 3 nitrogen and oxygen atoms in total. The van der Waals surface area contributed by atoms with E-state index in [1.807, 2.05) is 19.9 Å². The molecule has 0 bridgehead atoms. The van der Waals surface area contributed by atoms with Gasteiger partial charge in [0.15, 0.2) is 0 Å². The van der Waals surface area contributed by atoms with Crippen LogP contribution < -0.4 is 5.32 Å². The molecule has 0 aromatic carbocycles. The molecular formula is C11H17ClN2O. The zero-order valence-electron chi connectivity index (χ0n) is 9.13. The highest BCUT2D eigenvalue weighted by atomic mass is 35.5. The lowest BCUT2D eigenvalue weighted by molar-refractivity contribution is 0.0555. The third-order valence-electron chi connectivity index (χ3n) is 2.39. The lowest BCUT2D eigenvalue weighted by atomic mass is 10.0. The molecule has 2 N–H and O–H groups in total. The number of rotatable bonds is 5. The summed E-state index contributed by atoms with van der Waals surface area (Å²) < 4.78 is 0. The van der Waals surface area contributed by atoms with Gasteiger partial charge in [0.1, 0.15) is 5.15 Å². The molecule has 1 atom stereocenters. The fourth-order valence-electron chi connectivity index (χ4n) is 1.11. The normalized spacial score (nSPS) is 14.9. The van der Waals surface area contributed by atoms with E-state index in [1.165, 1.54) is 0 Å². The summed E-state index contributed by atoms with van der Waals surface area (Å²) in [7, 11) is 0. The van der Waals surface area contributed by atoms with Gasteiger partial charge in [0.2, 0.25) is 0 Å². The number of pyridine rings is 1. The monoisotopic (exact) mass is 228 g/mol. The van der Waals surface area contributed by atoms with Crippen LogP contribution in [0, 0.1) is 0 Å². The maximum Gasteiger partial charge on any atom is 0.129 e. The Morgan fingerprint density at radius 1 is 1.53 bits per heavy atom. The number of hydrogen-bond acceptors (Lipinski definition) is 3. The summed E-state index contributed by atoms with van der Waals surface area (Å²) in [6.45, 7) is 5.05. The average Bonchev–Trinajstić information content (AvgIpc) is 2.21. The molecule has 0 aliphatic carbocycles. The van der Waals surface area contributed by atoms with Crippen LogP contribution in [-0.2, 0) is 6.54 Å². The lowest BCUT2D eigenvalue weighted by Crippen LogP contribution is -2.36. The third-order valence-corrected chi connectivity index (χ3v) is 2.61. The Morgan fingerprint density at radius 3 is 2.80 bits per heavy atom. The van der Waals surface area contributed by atoms with Crippen LogP contribution in [0.5, 0.6) is 0 Å². The van der Waals surface area contributed by atoms with E-state index < -0.39 is 5.60 Å². The van der Waals surface area contributed by atoms with Gasteiger partial charge in [0.25, 0.3) is 0 Å². The molecule has 0 spiro atoms. The molecule has 1 heterocycles. The summed E-state index contributed by atoms with van der Waals surface area (Å²) >= 11 is 5.67. The number of aromatic nitrogens is 1. The molecule has 15 heavy (non-hydrogen) atoms. The predicted octanol–water partition coefficient (Wildman–Crippen LogP) is 1.99. The van der Waals surface area contributed by atoms with Crippen molar-refractivity contribution in [1.29, 1.82) is 0 Å². The zero-order valence-corrected chi connectivity index (χ0v) is 9.88. The Labute approximate surface area is 95.5 Å². The Kier molecular flexibility index (Phi) is 4.51. The minimum atomic E-state index is -0.639. The van der Waals surface area contributed by atoms with Gasteiger partial charge in [-0.05, 0) is 25.0 Å². The highest BCUT2D eigenvalue weighted by Crippen LogP contribution is 2.08. The minimum Gasteiger partial charge on any atom is -0.389 e. The molecule has 0 aliphatic heterocycles. The number of nitrogens with zero attached hydrogens (tertiary/aromatic N) is 1. The number of halogens is 1. The summed E-state index contributed by atoms with van der Waals surface area (Å²) in [5.74, 6) is 0. The van der Waals surface area contributed by atoms with E-state index >= 15 is 0 Å². The molecule has 0 saturated carbocycles. The van der Waals surface area contributed by atoms with Gasteiger partial charge in [-0.1, -0.05) is 24.6 Å². The van der Waals surface area contributed by atoms with Gasteiger partial charge in [0, 0.05) is 19.3 Å². The Balaban J connectivity index is 2.35. The van der Waals surface area contributed by atoms with E-state index in [2.05, 4.69) is 10.3 Å². The topological polar surface area (TPSA) is 45.1 Å². The van der Waals surface area contributed by atoms with Gasteiger partial charge in [-0.2, -0.15) is 0 Å². The Hall–Kier alpha value is -0.640. The van der Waals surface area contributed by atoms with E-state index in [9.17, 15) is 5.11 Å². The highest BCUT2D eigenvalue weighted by Gasteiger charge is 2.16. The van der Waals surface area contributed by atoms with Crippen molar-refractivity contribution in [3.05, 3.63) is 29.0 Å². The maximum atomic E-state index is 9.75. The van der Waals surface area contributed by atoms with E-state index in [-0.39, 0.29) is 0 Å². The van der Waals surface area contributed by atoms with Gasteiger partial charge in [-0.3, -0.25) is 0 Å². The first-order valence-electron chi connectivity index (χ1n) is 5.07. The summed E-state index contributed by atoms with van der Waals surface area (Å²) in [4.78, 5) is 3.98. The number of aliphatic hydroxyl groups is 1. The van der Waals surface area contributed by atoms with Crippen LogP contribution in [0.2, 0.25) is 5.15 Å². The van der Waals surface area contributed by atoms with Crippen molar-refractivity contribution in [3.63, 3.8) is 0 Å². The standard InChI is InChI=1S/C11H17ClN2O/c1-3-11(2,15)8-13-6-9-4-5-10(12)14-7-9/h4-5,7,13,15H,3,6,8H2,1-2H3. The second-order valence-electron chi connectivity index (χ2n) is 3.94. The van der Waals surface area contributed by atoms with Crippen molar-refractivity contribution in [1.82, 2.24) is 10.3 Å². The third kappa shape index (κ3) is 4.60. The van der Waals surface area contributed by atoms with Crippen molar-refractivity contribution in [2.24, 2.45) is 0 Å². The molecule has 0 saturated heterocycles. The highest BCUT2D eigenvalue weighted by molar-refractivity contribution is 6.29. The van der Waals surface area contributed by atoms with Crippen molar-refractivity contribution in [2.45, 2.75) is 32.4 Å². The predicted molar refractivity (Wildman–Crippen MR) is 61.9 cm³/mol. The van der Waals surface area contributed by atoms with Crippen LogP contribution in [0.4, 0.5) is 0 Å². The molecule has 84 valence electrons. The first-order valence-corrected chi connectivity index (χ1v) is 5.45. The second-order valence-corrected chi connectivity index (χ2v) is 4.33. The molecule has 0 radical (unpaired) electrons. The number of nitrogens with one attached hydrogen (secondary N) is 1. The van der Waals surface area contributed by atoms with Crippen LogP contribution in [0.25, 0.3) is 0 Å². The van der Waals surface area contributed by atoms with Crippen molar-refractivity contribution < 1.29 is 5.11 Å². The van der Waals surface area contributed by atoms with E-state index in [0.717, 1.165) is 12.0 Å². The van der Waals surface area contributed by atoms with Gasteiger partial charge in [-0.25, -0.2) is 4.98 Å².